The molecule has 0 spiro atoms. The average molecular weight is 399 g/mol. The first kappa shape index (κ1) is 19.9. The van der Waals surface area contributed by atoms with E-state index in [2.05, 4.69) is 4.90 Å². The van der Waals surface area contributed by atoms with Gasteiger partial charge in [-0.3, -0.25) is 4.79 Å². The van der Waals surface area contributed by atoms with E-state index in [1.54, 1.807) is 7.11 Å². The number of carbonyl (C=O) groups is 1. The molecule has 0 unspecified atom stereocenters. The highest BCUT2D eigenvalue weighted by Crippen LogP contribution is 2.27. The Hall–Kier alpha value is -2.41. The molecule has 4 rings (SSSR count). The summed E-state index contributed by atoms with van der Waals surface area (Å²) in [6.07, 6.45) is 1.87. The third-order valence-electron chi connectivity index (χ3n) is 5.94. The van der Waals surface area contributed by atoms with Crippen LogP contribution in [0.15, 0.2) is 18.2 Å². The van der Waals surface area contributed by atoms with E-state index < -0.39 is 0 Å². The van der Waals surface area contributed by atoms with E-state index in [9.17, 15) is 4.79 Å². The van der Waals surface area contributed by atoms with Gasteiger partial charge in [0, 0.05) is 43.5 Å². The molecule has 0 bridgehead atoms. The van der Waals surface area contributed by atoms with Crippen molar-refractivity contribution >= 4 is 22.8 Å². The maximum Gasteiger partial charge on any atom is 0.226 e. The lowest BCUT2D eigenvalue weighted by Crippen LogP contribution is -2.51. The Bertz CT molecular complexity index is 885. The molecule has 0 aliphatic carbocycles. The number of aromatic nitrogens is 2. The zero-order valence-corrected chi connectivity index (χ0v) is 17.7. The molecular formula is C22H30N4O3. The number of fused-ring (bicyclic) bond motifs is 1. The minimum Gasteiger partial charge on any atom is -0.497 e. The van der Waals surface area contributed by atoms with Crippen LogP contribution in [-0.4, -0.2) is 66.3 Å². The molecule has 1 aromatic heterocycles. The van der Waals surface area contributed by atoms with Crippen molar-refractivity contribution in [2.75, 3.05) is 38.2 Å². The number of benzene rings is 1. The van der Waals surface area contributed by atoms with Crippen molar-refractivity contribution in [1.29, 1.82) is 0 Å². The molecule has 0 saturated carbocycles. The SMILES string of the molecule is COc1ccc2c(C)nc(N3CCC(C(=O)N4C[C@@H](C)O[C@@H](C)C4)CC3)nc2c1. The number of carbonyl (C=O) groups excluding carboxylic acids is 1. The smallest absolute Gasteiger partial charge is 0.226 e. The molecule has 0 N–H and O–H groups in total. The lowest BCUT2D eigenvalue weighted by molar-refractivity contribution is -0.148. The van der Waals surface area contributed by atoms with Gasteiger partial charge in [0.25, 0.3) is 0 Å². The molecule has 29 heavy (non-hydrogen) atoms. The van der Waals surface area contributed by atoms with E-state index in [0.717, 1.165) is 54.2 Å². The standard InChI is InChI=1S/C22H30N4O3/c1-14-12-26(13-15(2)29-14)21(27)17-7-9-25(10-8-17)22-23-16(3)19-6-5-18(28-4)11-20(19)24-22/h5-6,11,14-15,17H,7-10,12-13H2,1-4H3/t14-,15+. The lowest BCUT2D eigenvalue weighted by atomic mass is 9.95. The topological polar surface area (TPSA) is 67.8 Å². The molecule has 0 radical (unpaired) electrons. The fourth-order valence-corrected chi connectivity index (χ4v) is 4.46. The highest BCUT2D eigenvalue weighted by molar-refractivity contribution is 5.83. The molecule has 1 amide bonds. The fraction of sp³-hybridized carbons (Fsp3) is 0.591. The molecule has 2 saturated heterocycles. The summed E-state index contributed by atoms with van der Waals surface area (Å²) in [6, 6.07) is 5.88. The Morgan fingerprint density at radius 2 is 1.83 bits per heavy atom. The predicted octanol–water partition coefficient (Wildman–Crippen LogP) is 2.80. The quantitative estimate of drug-likeness (QED) is 0.792. The summed E-state index contributed by atoms with van der Waals surface area (Å²) in [5.74, 6) is 1.87. The van der Waals surface area contributed by atoms with Gasteiger partial charge in [-0.05, 0) is 45.7 Å². The number of nitrogens with zero attached hydrogens (tertiary/aromatic N) is 4. The first-order valence-electron chi connectivity index (χ1n) is 10.5. The summed E-state index contributed by atoms with van der Waals surface area (Å²) >= 11 is 0. The van der Waals surface area contributed by atoms with Gasteiger partial charge < -0.3 is 19.3 Å². The largest absolute Gasteiger partial charge is 0.497 e. The van der Waals surface area contributed by atoms with Crippen LogP contribution in [-0.2, 0) is 9.53 Å². The second-order valence-corrected chi connectivity index (χ2v) is 8.25. The van der Waals surface area contributed by atoms with Crippen LogP contribution in [0, 0.1) is 12.8 Å². The average Bonchev–Trinajstić information content (AvgIpc) is 2.72. The minimum atomic E-state index is 0.0744. The molecule has 156 valence electrons. The summed E-state index contributed by atoms with van der Waals surface area (Å²) in [4.78, 5) is 26.7. The van der Waals surface area contributed by atoms with Crippen LogP contribution >= 0.6 is 0 Å². The number of methoxy groups -OCH3 is 1. The van der Waals surface area contributed by atoms with E-state index in [4.69, 9.17) is 19.4 Å². The third kappa shape index (κ3) is 4.15. The Balaban J connectivity index is 1.45. The molecule has 1 aromatic carbocycles. The predicted molar refractivity (Wildman–Crippen MR) is 112 cm³/mol. The van der Waals surface area contributed by atoms with E-state index in [1.165, 1.54) is 0 Å². The van der Waals surface area contributed by atoms with Crippen LogP contribution in [0.1, 0.15) is 32.4 Å². The van der Waals surface area contributed by atoms with Crippen molar-refractivity contribution < 1.29 is 14.3 Å². The van der Waals surface area contributed by atoms with Crippen molar-refractivity contribution in [3.63, 3.8) is 0 Å². The molecular weight excluding hydrogens is 368 g/mol. The zero-order valence-electron chi connectivity index (χ0n) is 17.7. The number of hydrogen-bond donors (Lipinski definition) is 0. The molecule has 2 atom stereocenters. The highest BCUT2D eigenvalue weighted by atomic mass is 16.5. The molecule has 3 heterocycles. The molecule has 2 aromatic rings. The number of hydrogen-bond acceptors (Lipinski definition) is 6. The van der Waals surface area contributed by atoms with Crippen molar-refractivity contribution in [3.05, 3.63) is 23.9 Å². The first-order chi connectivity index (χ1) is 13.9. The van der Waals surface area contributed by atoms with Gasteiger partial charge >= 0.3 is 0 Å². The molecule has 2 aliphatic heterocycles. The van der Waals surface area contributed by atoms with Crippen molar-refractivity contribution in [3.8, 4) is 5.75 Å². The van der Waals surface area contributed by atoms with E-state index in [0.29, 0.717) is 13.1 Å². The Morgan fingerprint density at radius 3 is 2.48 bits per heavy atom. The number of aryl methyl sites for hydroxylation is 1. The summed E-state index contributed by atoms with van der Waals surface area (Å²) in [5.41, 5.74) is 1.85. The lowest BCUT2D eigenvalue weighted by Gasteiger charge is -2.39. The maximum atomic E-state index is 13.0. The summed E-state index contributed by atoms with van der Waals surface area (Å²) < 4.78 is 11.1. The van der Waals surface area contributed by atoms with Gasteiger partial charge in [0.2, 0.25) is 11.9 Å². The van der Waals surface area contributed by atoms with E-state index >= 15 is 0 Å². The second-order valence-electron chi connectivity index (χ2n) is 8.25. The van der Waals surface area contributed by atoms with Crippen LogP contribution in [0.25, 0.3) is 10.9 Å². The van der Waals surface area contributed by atoms with Crippen LogP contribution < -0.4 is 9.64 Å². The Labute approximate surface area is 172 Å². The van der Waals surface area contributed by atoms with E-state index in [-0.39, 0.29) is 24.0 Å². The number of amides is 1. The molecule has 2 fully saturated rings. The summed E-state index contributed by atoms with van der Waals surface area (Å²) in [5, 5.41) is 1.04. The number of morpholine rings is 1. The van der Waals surface area contributed by atoms with Gasteiger partial charge in [-0.15, -0.1) is 0 Å². The number of anilines is 1. The van der Waals surface area contributed by atoms with Gasteiger partial charge in [0.05, 0.1) is 30.5 Å². The zero-order chi connectivity index (χ0) is 20.5. The van der Waals surface area contributed by atoms with Crippen molar-refractivity contribution in [2.24, 2.45) is 5.92 Å². The maximum absolute atomic E-state index is 13.0. The minimum absolute atomic E-state index is 0.0744. The third-order valence-corrected chi connectivity index (χ3v) is 5.94. The van der Waals surface area contributed by atoms with Crippen LogP contribution in [0.3, 0.4) is 0 Å². The van der Waals surface area contributed by atoms with Crippen molar-refractivity contribution in [1.82, 2.24) is 14.9 Å². The highest BCUT2D eigenvalue weighted by Gasteiger charge is 2.33. The van der Waals surface area contributed by atoms with Gasteiger partial charge in [-0.25, -0.2) is 9.97 Å². The second kappa shape index (κ2) is 8.14. The number of rotatable bonds is 3. The monoisotopic (exact) mass is 398 g/mol. The number of piperidine rings is 1. The molecule has 7 nitrogen and oxygen atoms in total. The van der Waals surface area contributed by atoms with Crippen molar-refractivity contribution in [2.45, 2.75) is 45.8 Å². The normalized spacial score (nSPS) is 23.4. The van der Waals surface area contributed by atoms with Crippen LogP contribution in [0.5, 0.6) is 5.75 Å². The van der Waals surface area contributed by atoms with Crippen LogP contribution in [0.4, 0.5) is 5.95 Å². The summed E-state index contributed by atoms with van der Waals surface area (Å²) in [6.45, 7) is 9.05. The first-order valence-corrected chi connectivity index (χ1v) is 10.5. The number of ether oxygens (including phenoxy) is 2. The van der Waals surface area contributed by atoms with Gasteiger partial charge in [0.15, 0.2) is 0 Å². The summed E-state index contributed by atoms with van der Waals surface area (Å²) in [7, 11) is 1.66. The van der Waals surface area contributed by atoms with Crippen LogP contribution in [0.2, 0.25) is 0 Å². The van der Waals surface area contributed by atoms with Gasteiger partial charge in [-0.1, -0.05) is 0 Å². The van der Waals surface area contributed by atoms with Gasteiger partial charge in [0.1, 0.15) is 5.75 Å². The van der Waals surface area contributed by atoms with E-state index in [1.807, 2.05) is 43.9 Å². The molecule has 2 aliphatic rings. The Kier molecular flexibility index (Phi) is 5.58. The molecule has 7 heteroatoms. The fourth-order valence-electron chi connectivity index (χ4n) is 4.46. The Morgan fingerprint density at radius 1 is 1.14 bits per heavy atom. The van der Waals surface area contributed by atoms with Gasteiger partial charge in [-0.2, -0.15) is 0 Å².